The van der Waals surface area contributed by atoms with E-state index in [-0.39, 0.29) is 5.91 Å². The summed E-state index contributed by atoms with van der Waals surface area (Å²) in [6.45, 7) is 4.73. The zero-order chi connectivity index (χ0) is 14.5. The Morgan fingerprint density at radius 3 is 2.80 bits per heavy atom. The van der Waals surface area contributed by atoms with Gasteiger partial charge in [-0.2, -0.15) is 0 Å². The number of benzene rings is 1. The molecular weight excluding hydrogens is 318 g/mol. The molecule has 0 saturated heterocycles. The molecule has 0 unspecified atom stereocenters. The van der Waals surface area contributed by atoms with Crippen molar-refractivity contribution in [2.75, 3.05) is 17.2 Å². The van der Waals surface area contributed by atoms with Crippen LogP contribution in [0.1, 0.15) is 22.8 Å². The van der Waals surface area contributed by atoms with Gasteiger partial charge in [0.15, 0.2) is 0 Å². The van der Waals surface area contributed by atoms with Crippen LogP contribution in [-0.2, 0) is 0 Å². The normalized spacial score (nSPS) is 10.2. The lowest BCUT2D eigenvalue weighted by atomic mass is 10.2. The van der Waals surface area contributed by atoms with Crippen molar-refractivity contribution < 1.29 is 4.79 Å². The topological polar surface area (TPSA) is 54.0 Å². The number of aromatic nitrogens is 1. The Bertz CT molecular complexity index is 628. The van der Waals surface area contributed by atoms with Crippen molar-refractivity contribution >= 4 is 33.3 Å². The maximum Gasteiger partial charge on any atom is 0.255 e. The highest BCUT2D eigenvalue weighted by Crippen LogP contribution is 2.20. The number of rotatable bonds is 4. The van der Waals surface area contributed by atoms with Gasteiger partial charge in [-0.15, -0.1) is 0 Å². The third-order valence-corrected chi connectivity index (χ3v) is 3.69. The summed E-state index contributed by atoms with van der Waals surface area (Å²) in [5.41, 5.74) is 2.43. The molecule has 0 radical (unpaired) electrons. The van der Waals surface area contributed by atoms with Crippen LogP contribution in [0.15, 0.2) is 41.0 Å². The van der Waals surface area contributed by atoms with Crippen LogP contribution in [-0.4, -0.2) is 17.4 Å². The highest BCUT2D eigenvalue weighted by atomic mass is 79.9. The first kappa shape index (κ1) is 14.5. The minimum atomic E-state index is -0.145. The summed E-state index contributed by atoms with van der Waals surface area (Å²) in [7, 11) is 0. The van der Waals surface area contributed by atoms with Crippen LogP contribution in [0.2, 0.25) is 0 Å². The number of carbonyl (C=O) groups is 1. The fourth-order valence-corrected chi connectivity index (χ4v) is 2.02. The third kappa shape index (κ3) is 3.57. The first-order chi connectivity index (χ1) is 9.60. The molecule has 0 spiro atoms. The maximum absolute atomic E-state index is 12.2. The Kier molecular flexibility index (Phi) is 4.74. The minimum absolute atomic E-state index is 0.145. The number of aryl methyl sites for hydroxylation is 1. The van der Waals surface area contributed by atoms with E-state index in [0.717, 1.165) is 22.3 Å². The predicted molar refractivity (Wildman–Crippen MR) is 85.2 cm³/mol. The van der Waals surface area contributed by atoms with Crippen LogP contribution < -0.4 is 10.6 Å². The third-order valence-electron chi connectivity index (χ3n) is 2.80. The molecule has 0 bridgehead atoms. The molecular formula is C15H16BrN3O. The summed E-state index contributed by atoms with van der Waals surface area (Å²) in [5, 5.41) is 5.97. The van der Waals surface area contributed by atoms with Gasteiger partial charge in [0, 0.05) is 28.5 Å². The summed E-state index contributed by atoms with van der Waals surface area (Å²) >= 11 is 3.44. The van der Waals surface area contributed by atoms with E-state index >= 15 is 0 Å². The molecule has 0 fully saturated rings. The summed E-state index contributed by atoms with van der Waals surface area (Å²) < 4.78 is 1.02. The number of hydrogen-bond acceptors (Lipinski definition) is 3. The fraction of sp³-hybridized carbons (Fsp3) is 0.200. The van der Waals surface area contributed by atoms with Crippen LogP contribution >= 0.6 is 15.9 Å². The van der Waals surface area contributed by atoms with Gasteiger partial charge in [0.05, 0.1) is 0 Å². The van der Waals surface area contributed by atoms with Gasteiger partial charge >= 0.3 is 0 Å². The minimum Gasteiger partial charge on any atom is -0.370 e. The van der Waals surface area contributed by atoms with E-state index in [1.807, 2.05) is 32.0 Å². The number of anilines is 2. The summed E-state index contributed by atoms with van der Waals surface area (Å²) in [6.07, 6.45) is 1.62. The number of halogens is 1. The van der Waals surface area contributed by atoms with E-state index in [4.69, 9.17) is 0 Å². The second kappa shape index (κ2) is 6.52. The summed E-state index contributed by atoms with van der Waals surface area (Å²) in [4.78, 5) is 16.3. The molecule has 2 aromatic rings. The Balaban J connectivity index is 2.15. The molecule has 104 valence electrons. The van der Waals surface area contributed by atoms with Crippen molar-refractivity contribution in [3.05, 3.63) is 52.1 Å². The van der Waals surface area contributed by atoms with Crippen molar-refractivity contribution in [2.45, 2.75) is 13.8 Å². The van der Waals surface area contributed by atoms with Crippen molar-refractivity contribution in [1.29, 1.82) is 0 Å². The van der Waals surface area contributed by atoms with Gasteiger partial charge in [-0.05, 0) is 49.7 Å². The van der Waals surface area contributed by atoms with Gasteiger partial charge < -0.3 is 10.6 Å². The Hall–Kier alpha value is -1.88. The first-order valence-electron chi connectivity index (χ1n) is 6.37. The Morgan fingerprint density at radius 1 is 1.30 bits per heavy atom. The monoisotopic (exact) mass is 333 g/mol. The molecule has 1 aromatic carbocycles. The molecule has 0 aliphatic heterocycles. The van der Waals surface area contributed by atoms with Gasteiger partial charge in [-0.25, -0.2) is 4.98 Å². The number of pyridine rings is 1. The lowest BCUT2D eigenvalue weighted by molar-refractivity contribution is 0.102. The standard InChI is InChI=1S/C15H16BrN3O/c1-3-17-14-9-11(6-7-18-14)15(20)19-12-4-5-13(16)10(2)8-12/h4-9H,3H2,1-2H3,(H,17,18)(H,19,20). The zero-order valence-electron chi connectivity index (χ0n) is 11.4. The maximum atomic E-state index is 12.2. The smallest absolute Gasteiger partial charge is 0.255 e. The van der Waals surface area contributed by atoms with Crippen LogP contribution in [0.4, 0.5) is 11.5 Å². The average molecular weight is 334 g/mol. The SMILES string of the molecule is CCNc1cc(C(=O)Nc2ccc(Br)c(C)c2)ccn1. The number of hydrogen-bond donors (Lipinski definition) is 2. The largest absolute Gasteiger partial charge is 0.370 e. The molecule has 0 aliphatic rings. The lowest BCUT2D eigenvalue weighted by Gasteiger charge is -2.08. The van der Waals surface area contributed by atoms with E-state index in [2.05, 4.69) is 31.5 Å². The highest BCUT2D eigenvalue weighted by molar-refractivity contribution is 9.10. The van der Waals surface area contributed by atoms with Crippen LogP contribution in [0.3, 0.4) is 0 Å². The van der Waals surface area contributed by atoms with Gasteiger partial charge in [0.2, 0.25) is 0 Å². The highest BCUT2D eigenvalue weighted by Gasteiger charge is 2.08. The van der Waals surface area contributed by atoms with Crippen molar-refractivity contribution in [3.63, 3.8) is 0 Å². The second-order valence-corrected chi connectivity index (χ2v) is 5.23. The average Bonchev–Trinajstić information content (AvgIpc) is 2.43. The van der Waals surface area contributed by atoms with Gasteiger partial charge in [-0.1, -0.05) is 15.9 Å². The van der Waals surface area contributed by atoms with Crippen LogP contribution in [0.25, 0.3) is 0 Å². The van der Waals surface area contributed by atoms with E-state index < -0.39 is 0 Å². The van der Waals surface area contributed by atoms with E-state index in [0.29, 0.717) is 11.4 Å². The second-order valence-electron chi connectivity index (χ2n) is 4.38. The Morgan fingerprint density at radius 2 is 2.10 bits per heavy atom. The fourth-order valence-electron chi connectivity index (χ4n) is 1.78. The van der Waals surface area contributed by atoms with Crippen molar-refractivity contribution in [3.8, 4) is 0 Å². The van der Waals surface area contributed by atoms with E-state index in [1.165, 1.54) is 0 Å². The molecule has 5 heteroatoms. The number of nitrogens with one attached hydrogen (secondary N) is 2. The van der Waals surface area contributed by atoms with Crippen molar-refractivity contribution in [1.82, 2.24) is 4.98 Å². The lowest BCUT2D eigenvalue weighted by Crippen LogP contribution is -2.13. The van der Waals surface area contributed by atoms with Crippen molar-refractivity contribution in [2.24, 2.45) is 0 Å². The van der Waals surface area contributed by atoms with E-state index in [9.17, 15) is 4.79 Å². The Labute approximate surface area is 126 Å². The van der Waals surface area contributed by atoms with E-state index in [1.54, 1.807) is 18.3 Å². The molecule has 1 aromatic heterocycles. The molecule has 1 heterocycles. The number of nitrogens with zero attached hydrogens (tertiary/aromatic N) is 1. The predicted octanol–water partition coefficient (Wildman–Crippen LogP) is 3.84. The molecule has 2 rings (SSSR count). The molecule has 4 nitrogen and oxygen atoms in total. The summed E-state index contributed by atoms with van der Waals surface area (Å²) in [5.74, 6) is 0.556. The van der Waals surface area contributed by atoms with Gasteiger partial charge in [0.1, 0.15) is 5.82 Å². The summed E-state index contributed by atoms with van der Waals surface area (Å²) in [6, 6.07) is 9.14. The number of carbonyl (C=O) groups excluding carboxylic acids is 1. The molecule has 2 N–H and O–H groups in total. The van der Waals surface area contributed by atoms with Gasteiger partial charge in [0.25, 0.3) is 5.91 Å². The van der Waals surface area contributed by atoms with Crippen LogP contribution in [0, 0.1) is 6.92 Å². The molecule has 0 aliphatic carbocycles. The first-order valence-corrected chi connectivity index (χ1v) is 7.17. The molecule has 20 heavy (non-hydrogen) atoms. The quantitative estimate of drug-likeness (QED) is 0.893. The zero-order valence-corrected chi connectivity index (χ0v) is 13.0. The van der Waals surface area contributed by atoms with Gasteiger partial charge in [-0.3, -0.25) is 4.79 Å². The molecule has 1 amide bonds. The molecule has 0 atom stereocenters. The molecule has 0 saturated carbocycles. The number of amides is 1. The van der Waals surface area contributed by atoms with Crippen LogP contribution in [0.5, 0.6) is 0 Å².